The van der Waals surface area contributed by atoms with Gasteiger partial charge in [0.2, 0.25) is 0 Å². The van der Waals surface area contributed by atoms with Crippen LogP contribution in [0.25, 0.3) is 0 Å². The van der Waals surface area contributed by atoms with Crippen molar-refractivity contribution >= 4 is 27.4 Å². The zero-order chi connectivity index (χ0) is 18.4. The second-order valence-corrected chi connectivity index (χ2v) is 8.64. The third kappa shape index (κ3) is 5.10. The van der Waals surface area contributed by atoms with Gasteiger partial charge in [0.25, 0.3) is 0 Å². The van der Waals surface area contributed by atoms with Gasteiger partial charge in [-0.25, -0.2) is 8.42 Å². The molecule has 1 fully saturated rings. The van der Waals surface area contributed by atoms with E-state index >= 15 is 0 Å². The molecule has 0 amide bonds. The number of rotatable bonds is 7. The third-order valence-corrected chi connectivity index (χ3v) is 6.60. The third-order valence-electron chi connectivity index (χ3n) is 4.06. The van der Waals surface area contributed by atoms with E-state index in [0.717, 1.165) is 12.8 Å². The highest BCUT2D eigenvalue weighted by molar-refractivity contribution is 7.92. The Hall–Kier alpha value is -1.78. The summed E-state index contributed by atoms with van der Waals surface area (Å²) in [4.78, 5) is 12.1. The monoisotopic (exact) mass is 385 g/mol. The Kier molecular flexibility index (Phi) is 6.68. The molecule has 1 aliphatic rings. The van der Waals surface area contributed by atoms with Gasteiger partial charge in [0.15, 0.2) is 21.3 Å². The number of ether oxygens (including phenoxy) is 2. The smallest absolute Gasteiger partial charge is 0.312 e. The van der Waals surface area contributed by atoms with Crippen LogP contribution in [0.15, 0.2) is 12.1 Å². The minimum absolute atomic E-state index is 0.00535. The van der Waals surface area contributed by atoms with Crippen molar-refractivity contribution in [1.29, 1.82) is 5.26 Å². The molecular weight excluding hydrogens is 366 g/mol. The molecule has 0 spiro atoms. The predicted molar refractivity (Wildman–Crippen MR) is 93.6 cm³/mol. The molecule has 0 bridgehead atoms. The van der Waals surface area contributed by atoms with E-state index in [1.807, 2.05) is 6.07 Å². The zero-order valence-electron chi connectivity index (χ0n) is 14.0. The summed E-state index contributed by atoms with van der Waals surface area (Å²) in [5.74, 6) is -0.757. The summed E-state index contributed by atoms with van der Waals surface area (Å²) in [6, 6.07) is 4.73. The maximum absolute atomic E-state index is 12.2. The van der Waals surface area contributed by atoms with Gasteiger partial charge >= 0.3 is 5.97 Å². The molecule has 1 aliphatic carbocycles. The van der Waals surface area contributed by atoms with Gasteiger partial charge in [-0.3, -0.25) is 4.79 Å². The fraction of sp³-hybridized carbons (Fsp3) is 0.529. The Morgan fingerprint density at radius 3 is 2.64 bits per heavy atom. The highest BCUT2D eigenvalue weighted by Gasteiger charge is 2.29. The Bertz CT molecular complexity index is 779. The molecule has 1 saturated carbocycles. The second kappa shape index (κ2) is 8.54. The summed E-state index contributed by atoms with van der Waals surface area (Å²) >= 11 is 6.06. The Morgan fingerprint density at radius 2 is 2.04 bits per heavy atom. The molecule has 25 heavy (non-hydrogen) atoms. The fourth-order valence-electron chi connectivity index (χ4n) is 2.80. The molecule has 136 valence electrons. The van der Waals surface area contributed by atoms with E-state index in [-0.39, 0.29) is 39.5 Å². The SMILES string of the molecule is CCOc1cc(C#N)cc(Cl)c1OC(=O)CCS(=O)(=O)C1CCCC1. The van der Waals surface area contributed by atoms with Crippen molar-refractivity contribution in [2.45, 2.75) is 44.3 Å². The Labute approximate surface area is 152 Å². The van der Waals surface area contributed by atoms with Crippen LogP contribution in [0.4, 0.5) is 0 Å². The number of carbonyl (C=O) groups is 1. The summed E-state index contributed by atoms with van der Waals surface area (Å²) in [6.45, 7) is 2.04. The van der Waals surface area contributed by atoms with Gasteiger partial charge in [-0.2, -0.15) is 5.26 Å². The normalized spacial score (nSPS) is 14.9. The van der Waals surface area contributed by atoms with Crippen molar-refractivity contribution < 1.29 is 22.7 Å². The van der Waals surface area contributed by atoms with Gasteiger partial charge in [-0.1, -0.05) is 24.4 Å². The van der Waals surface area contributed by atoms with Gasteiger partial charge in [0, 0.05) is 6.07 Å². The van der Waals surface area contributed by atoms with Gasteiger partial charge in [0.05, 0.1) is 40.7 Å². The standard InChI is InChI=1S/C17H20ClNO5S/c1-2-23-15-10-12(11-19)9-14(18)17(15)24-16(20)7-8-25(21,22)13-5-3-4-6-13/h9-10,13H,2-8H2,1H3. The first-order valence-electron chi connectivity index (χ1n) is 8.16. The van der Waals surface area contributed by atoms with E-state index in [1.165, 1.54) is 12.1 Å². The van der Waals surface area contributed by atoms with Crippen LogP contribution in [-0.4, -0.2) is 32.0 Å². The lowest BCUT2D eigenvalue weighted by molar-refractivity contribution is -0.134. The van der Waals surface area contributed by atoms with Crippen molar-refractivity contribution in [2.75, 3.05) is 12.4 Å². The lowest BCUT2D eigenvalue weighted by Gasteiger charge is -2.13. The number of nitriles is 1. The van der Waals surface area contributed by atoms with Gasteiger partial charge in [-0.15, -0.1) is 0 Å². The van der Waals surface area contributed by atoms with Crippen LogP contribution >= 0.6 is 11.6 Å². The Morgan fingerprint density at radius 1 is 1.36 bits per heavy atom. The number of sulfone groups is 1. The fourth-order valence-corrected chi connectivity index (χ4v) is 4.88. The molecule has 0 atom stereocenters. The topological polar surface area (TPSA) is 93.5 Å². The molecule has 1 aromatic carbocycles. The molecule has 0 heterocycles. The van der Waals surface area contributed by atoms with Crippen LogP contribution in [0.2, 0.25) is 5.02 Å². The number of hydrogen-bond donors (Lipinski definition) is 0. The summed E-state index contributed by atoms with van der Waals surface area (Å²) in [7, 11) is -3.30. The molecule has 0 saturated heterocycles. The highest BCUT2D eigenvalue weighted by atomic mass is 35.5. The van der Waals surface area contributed by atoms with Crippen LogP contribution in [0.3, 0.4) is 0 Å². The first-order chi connectivity index (χ1) is 11.9. The van der Waals surface area contributed by atoms with Crippen LogP contribution in [-0.2, 0) is 14.6 Å². The average Bonchev–Trinajstić information content (AvgIpc) is 3.11. The molecule has 0 unspecified atom stereocenters. The van der Waals surface area contributed by atoms with E-state index in [4.69, 9.17) is 26.3 Å². The van der Waals surface area contributed by atoms with Crippen molar-refractivity contribution in [3.05, 3.63) is 22.7 Å². The van der Waals surface area contributed by atoms with E-state index in [9.17, 15) is 13.2 Å². The van der Waals surface area contributed by atoms with Crippen molar-refractivity contribution in [3.63, 3.8) is 0 Å². The zero-order valence-corrected chi connectivity index (χ0v) is 15.5. The largest absolute Gasteiger partial charge is 0.490 e. The van der Waals surface area contributed by atoms with Crippen LogP contribution in [0.5, 0.6) is 11.5 Å². The Balaban J connectivity index is 2.06. The molecule has 8 heteroatoms. The highest BCUT2D eigenvalue weighted by Crippen LogP contribution is 2.37. The van der Waals surface area contributed by atoms with Gasteiger partial charge in [-0.05, 0) is 25.8 Å². The van der Waals surface area contributed by atoms with Gasteiger partial charge in [0.1, 0.15) is 0 Å². The van der Waals surface area contributed by atoms with Crippen molar-refractivity contribution in [1.82, 2.24) is 0 Å². The molecule has 0 aliphatic heterocycles. The first-order valence-corrected chi connectivity index (χ1v) is 10.3. The summed E-state index contributed by atoms with van der Waals surface area (Å²) in [5.41, 5.74) is 0.275. The van der Waals surface area contributed by atoms with Crippen LogP contribution in [0.1, 0.15) is 44.6 Å². The summed E-state index contributed by atoms with van der Waals surface area (Å²) in [5, 5.41) is 8.68. The van der Waals surface area contributed by atoms with E-state index in [1.54, 1.807) is 6.92 Å². The molecule has 0 radical (unpaired) electrons. The maximum atomic E-state index is 12.2. The molecule has 0 aromatic heterocycles. The van der Waals surface area contributed by atoms with Gasteiger partial charge < -0.3 is 9.47 Å². The molecule has 2 rings (SSSR count). The average molecular weight is 386 g/mol. The molecular formula is C17H20ClNO5S. The maximum Gasteiger partial charge on any atom is 0.312 e. The van der Waals surface area contributed by atoms with E-state index < -0.39 is 15.8 Å². The summed E-state index contributed by atoms with van der Waals surface area (Å²) in [6.07, 6.45) is 2.89. The second-order valence-electron chi connectivity index (χ2n) is 5.83. The molecule has 0 N–H and O–H groups in total. The number of esters is 1. The number of nitrogens with zero attached hydrogens (tertiary/aromatic N) is 1. The van der Waals surface area contributed by atoms with E-state index in [0.29, 0.717) is 19.4 Å². The van der Waals surface area contributed by atoms with E-state index in [2.05, 4.69) is 0 Å². The van der Waals surface area contributed by atoms with Crippen molar-refractivity contribution in [2.24, 2.45) is 0 Å². The molecule has 1 aromatic rings. The number of benzene rings is 1. The van der Waals surface area contributed by atoms with Crippen LogP contribution < -0.4 is 9.47 Å². The summed E-state index contributed by atoms with van der Waals surface area (Å²) < 4.78 is 35.0. The minimum Gasteiger partial charge on any atom is -0.490 e. The quantitative estimate of drug-likeness (QED) is 0.528. The van der Waals surface area contributed by atoms with Crippen molar-refractivity contribution in [3.8, 4) is 17.6 Å². The number of carbonyl (C=O) groups excluding carboxylic acids is 1. The predicted octanol–water partition coefficient (Wildman–Crippen LogP) is 3.26. The lowest BCUT2D eigenvalue weighted by atomic mass is 10.2. The minimum atomic E-state index is -3.30. The van der Waals surface area contributed by atoms with Crippen LogP contribution in [0, 0.1) is 11.3 Å². The lowest BCUT2D eigenvalue weighted by Crippen LogP contribution is -2.24. The number of halogens is 1. The molecule has 6 nitrogen and oxygen atoms in total. The number of hydrogen-bond acceptors (Lipinski definition) is 6. The first kappa shape index (κ1) is 19.5.